The molecule has 10 heteroatoms. The van der Waals surface area contributed by atoms with Gasteiger partial charge in [0, 0.05) is 11.1 Å². The van der Waals surface area contributed by atoms with E-state index in [-0.39, 0.29) is 37.9 Å². The molecule has 0 spiro atoms. The second-order valence-electron chi connectivity index (χ2n) is 8.92. The van der Waals surface area contributed by atoms with Crippen LogP contribution in [0.15, 0.2) is 35.2 Å². The van der Waals surface area contributed by atoms with E-state index in [0.29, 0.717) is 24.3 Å². The van der Waals surface area contributed by atoms with Gasteiger partial charge in [0.2, 0.25) is 0 Å². The lowest BCUT2D eigenvalue weighted by Gasteiger charge is -2.28. The molecule has 0 aromatic heterocycles. The molecule has 174 valence electrons. The number of alkyl halides is 3. The van der Waals surface area contributed by atoms with Crippen LogP contribution >= 0.6 is 23.2 Å². The number of hydrogen-bond donors (Lipinski definition) is 1. The minimum atomic E-state index is -4.64. The highest BCUT2D eigenvalue weighted by Gasteiger charge is 2.53. The number of halogens is 5. The van der Waals surface area contributed by atoms with Gasteiger partial charge in [-0.05, 0) is 73.8 Å². The Bertz CT molecular complexity index is 1150. The van der Waals surface area contributed by atoms with E-state index in [4.69, 9.17) is 27.9 Å². The molecule has 2 aromatic rings. The molecule has 4 nitrogen and oxygen atoms in total. The van der Waals surface area contributed by atoms with E-state index < -0.39 is 21.8 Å². The number of nitrogens with one attached hydrogen (secondary N) is 1. The predicted molar refractivity (Wildman–Crippen MR) is 118 cm³/mol. The van der Waals surface area contributed by atoms with Crippen molar-refractivity contribution in [3.05, 3.63) is 51.5 Å². The zero-order chi connectivity index (χ0) is 23.5. The standard InChI is InChI=1S/C22H22Cl2F3NO3S/c1-12-7-14(23)8-18(24)20(12)32(29,30)28-15-4-6-17(22(25,26)27)19(9-15)31-16-5-3-13-10-21(13,2)11-16/h4,6-9,13,16,28H,3,5,10-11H2,1-2H3/t13-,16?,21?/m0/s1. The molecule has 0 saturated heterocycles. The van der Waals surface area contributed by atoms with E-state index in [2.05, 4.69) is 11.6 Å². The first-order valence-electron chi connectivity index (χ1n) is 10.1. The highest BCUT2D eigenvalue weighted by atomic mass is 35.5. The quantitative estimate of drug-likeness (QED) is 0.470. The summed E-state index contributed by atoms with van der Waals surface area (Å²) in [5.41, 5.74) is -0.551. The Hall–Kier alpha value is -1.64. The Morgan fingerprint density at radius 1 is 1.12 bits per heavy atom. The molecule has 0 aliphatic heterocycles. The average molecular weight is 508 g/mol. The van der Waals surface area contributed by atoms with Crippen molar-refractivity contribution in [1.82, 2.24) is 0 Å². The van der Waals surface area contributed by atoms with Crippen LogP contribution in [0, 0.1) is 18.3 Å². The summed E-state index contributed by atoms with van der Waals surface area (Å²) in [7, 11) is -4.18. The molecule has 2 fully saturated rings. The molecule has 4 rings (SSSR count). The fourth-order valence-electron chi connectivity index (χ4n) is 4.65. The maximum Gasteiger partial charge on any atom is 0.419 e. The maximum absolute atomic E-state index is 13.6. The van der Waals surface area contributed by atoms with Crippen LogP contribution in [0.2, 0.25) is 10.0 Å². The summed E-state index contributed by atoms with van der Waals surface area (Å²) in [6, 6.07) is 5.71. The number of benzene rings is 2. The van der Waals surface area contributed by atoms with Crippen LogP contribution in [-0.2, 0) is 16.2 Å². The first-order chi connectivity index (χ1) is 14.8. The van der Waals surface area contributed by atoms with Gasteiger partial charge in [0.15, 0.2) is 0 Å². The summed E-state index contributed by atoms with van der Waals surface area (Å²) in [6.45, 7) is 3.66. The molecular weight excluding hydrogens is 486 g/mol. The lowest BCUT2D eigenvalue weighted by Crippen LogP contribution is -2.26. The second kappa shape index (κ2) is 7.99. The van der Waals surface area contributed by atoms with Crippen molar-refractivity contribution >= 4 is 38.9 Å². The summed E-state index contributed by atoms with van der Waals surface area (Å²) < 4.78 is 74.7. The molecule has 0 bridgehead atoms. The first kappa shape index (κ1) is 23.5. The van der Waals surface area contributed by atoms with Gasteiger partial charge >= 0.3 is 6.18 Å². The zero-order valence-corrected chi connectivity index (χ0v) is 19.7. The molecule has 0 amide bonds. The number of fused-ring (bicyclic) bond motifs is 1. The third-order valence-corrected chi connectivity index (χ3v) is 8.58. The van der Waals surface area contributed by atoms with Crippen molar-refractivity contribution in [1.29, 1.82) is 0 Å². The van der Waals surface area contributed by atoms with Crippen molar-refractivity contribution in [2.24, 2.45) is 11.3 Å². The zero-order valence-electron chi connectivity index (χ0n) is 17.4. The highest BCUT2D eigenvalue weighted by Crippen LogP contribution is 2.61. The number of aryl methyl sites for hydroxylation is 1. The van der Waals surface area contributed by atoms with Crippen LogP contribution in [0.3, 0.4) is 0 Å². The summed E-state index contributed by atoms with van der Waals surface area (Å²) >= 11 is 12.0. The summed E-state index contributed by atoms with van der Waals surface area (Å²) in [5, 5.41) is 0.191. The highest BCUT2D eigenvalue weighted by molar-refractivity contribution is 7.92. The molecule has 2 aromatic carbocycles. The van der Waals surface area contributed by atoms with Crippen molar-refractivity contribution in [2.75, 3.05) is 4.72 Å². The van der Waals surface area contributed by atoms with Gasteiger partial charge in [-0.3, -0.25) is 4.72 Å². The molecule has 32 heavy (non-hydrogen) atoms. The van der Waals surface area contributed by atoms with Crippen molar-refractivity contribution in [2.45, 2.75) is 56.7 Å². The second-order valence-corrected chi connectivity index (χ2v) is 11.4. The smallest absolute Gasteiger partial charge is 0.419 e. The van der Waals surface area contributed by atoms with Crippen LogP contribution in [0.5, 0.6) is 5.75 Å². The number of hydrogen-bond acceptors (Lipinski definition) is 3. The Labute approximate surface area is 195 Å². The number of rotatable bonds is 5. The van der Waals surface area contributed by atoms with Gasteiger partial charge in [-0.25, -0.2) is 8.42 Å². The number of anilines is 1. The monoisotopic (exact) mass is 507 g/mol. The van der Waals surface area contributed by atoms with Crippen molar-refractivity contribution < 1.29 is 26.3 Å². The fraction of sp³-hybridized carbons (Fsp3) is 0.455. The first-order valence-corrected chi connectivity index (χ1v) is 12.4. The summed E-state index contributed by atoms with van der Waals surface area (Å²) in [4.78, 5) is -0.189. The molecular formula is C22H22Cl2F3NO3S. The molecule has 2 aliphatic carbocycles. The van der Waals surface area contributed by atoms with E-state index in [1.807, 2.05) is 0 Å². The summed E-state index contributed by atoms with van der Waals surface area (Å²) in [6.07, 6.45) is -1.63. The van der Waals surface area contributed by atoms with Crippen molar-refractivity contribution in [3.63, 3.8) is 0 Å². The molecule has 2 unspecified atom stereocenters. The van der Waals surface area contributed by atoms with Gasteiger partial charge in [0.05, 0.1) is 22.4 Å². The minimum Gasteiger partial charge on any atom is -0.490 e. The van der Waals surface area contributed by atoms with Gasteiger partial charge < -0.3 is 4.74 Å². The van der Waals surface area contributed by atoms with Crippen LogP contribution in [0.4, 0.5) is 18.9 Å². The molecule has 0 heterocycles. The average Bonchev–Trinajstić information content (AvgIpc) is 3.29. The normalized spacial score (nSPS) is 25.2. The van der Waals surface area contributed by atoms with Crippen LogP contribution in [0.25, 0.3) is 0 Å². The molecule has 2 saturated carbocycles. The van der Waals surface area contributed by atoms with Crippen molar-refractivity contribution in [3.8, 4) is 5.75 Å². The molecule has 0 radical (unpaired) electrons. The Kier molecular flexibility index (Phi) is 5.87. The van der Waals surface area contributed by atoms with Crippen LogP contribution in [-0.4, -0.2) is 14.5 Å². The lowest BCUT2D eigenvalue weighted by atomic mass is 9.88. The number of ether oxygens (including phenoxy) is 1. The number of sulfonamides is 1. The van der Waals surface area contributed by atoms with Crippen LogP contribution < -0.4 is 9.46 Å². The molecule has 2 aliphatic rings. The topological polar surface area (TPSA) is 55.4 Å². The molecule has 3 atom stereocenters. The van der Waals surface area contributed by atoms with E-state index >= 15 is 0 Å². The fourth-order valence-corrected chi connectivity index (χ4v) is 6.88. The largest absolute Gasteiger partial charge is 0.490 e. The Balaban J connectivity index is 1.64. The van der Waals surface area contributed by atoms with Gasteiger partial charge in [-0.2, -0.15) is 13.2 Å². The lowest BCUT2D eigenvalue weighted by molar-refractivity contribution is -0.139. The predicted octanol–water partition coefficient (Wildman–Crippen LogP) is 7.08. The van der Waals surface area contributed by atoms with E-state index in [1.54, 1.807) is 0 Å². The third kappa shape index (κ3) is 4.68. The van der Waals surface area contributed by atoms with E-state index in [9.17, 15) is 21.6 Å². The van der Waals surface area contributed by atoms with Gasteiger partial charge in [0.25, 0.3) is 10.0 Å². The van der Waals surface area contributed by atoms with Crippen LogP contribution in [0.1, 0.15) is 43.7 Å². The Morgan fingerprint density at radius 3 is 2.47 bits per heavy atom. The third-order valence-electron chi connectivity index (χ3n) is 6.36. The maximum atomic E-state index is 13.6. The van der Waals surface area contributed by atoms with E-state index in [1.165, 1.54) is 19.1 Å². The van der Waals surface area contributed by atoms with E-state index in [0.717, 1.165) is 31.0 Å². The van der Waals surface area contributed by atoms with Gasteiger partial charge in [-0.1, -0.05) is 30.1 Å². The molecule has 1 N–H and O–H groups in total. The summed E-state index contributed by atoms with van der Waals surface area (Å²) in [5.74, 6) is 0.235. The minimum absolute atomic E-state index is 0.0512. The van der Waals surface area contributed by atoms with Gasteiger partial charge in [0.1, 0.15) is 10.6 Å². The van der Waals surface area contributed by atoms with Gasteiger partial charge in [-0.15, -0.1) is 0 Å². The SMILES string of the molecule is Cc1cc(Cl)cc(Cl)c1S(=O)(=O)Nc1ccc(C(F)(F)F)c(OC2CC[C@H]3CC3(C)C2)c1. The Morgan fingerprint density at radius 2 is 1.84 bits per heavy atom.